The van der Waals surface area contributed by atoms with E-state index in [4.69, 9.17) is 0 Å². The summed E-state index contributed by atoms with van der Waals surface area (Å²) in [6.07, 6.45) is 2.42. The molecule has 3 heteroatoms. The average Bonchev–Trinajstić information content (AvgIpc) is 1.83. The van der Waals surface area contributed by atoms with E-state index in [0.717, 1.165) is 11.1 Å². The van der Waals surface area contributed by atoms with Crippen molar-refractivity contribution in [1.82, 2.24) is 0 Å². The van der Waals surface area contributed by atoms with Gasteiger partial charge in [-0.2, -0.15) is 12.6 Å². The van der Waals surface area contributed by atoms with Crippen LogP contribution in [0.4, 0.5) is 0 Å². The van der Waals surface area contributed by atoms with Crippen molar-refractivity contribution in [3.8, 4) is 0 Å². The van der Waals surface area contributed by atoms with E-state index in [-0.39, 0.29) is 0 Å². The summed E-state index contributed by atoms with van der Waals surface area (Å²) in [5.74, 6) is 0.995. The predicted octanol–water partition coefficient (Wildman–Crippen LogP) is 2.85. The Morgan fingerprint density at radius 2 is 2.12 bits per heavy atom. The summed E-state index contributed by atoms with van der Waals surface area (Å²) in [7, 11) is 0. The summed E-state index contributed by atoms with van der Waals surface area (Å²) in [5.41, 5.74) is 0. The van der Waals surface area contributed by atoms with Crippen LogP contribution in [0.3, 0.4) is 0 Å². The topological polar surface area (TPSA) is 0 Å². The molecule has 0 aliphatic heterocycles. The van der Waals surface area contributed by atoms with E-state index in [9.17, 15) is 0 Å². The van der Waals surface area contributed by atoms with Gasteiger partial charge in [0.15, 0.2) is 0 Å². The predicted molar refractivity (Wildman–Crippen MR) is 49.6 cm³/mol. The molecule has 1 atom stereocenters. The average molecular weight is 262 g/mol. The van der Waals surface area contributed by atoms with Crippen LogP contribution < -0.4 is 0 Å². The SMILES string of the molecule is SCCCC(Br)CBr. The molecule has 8 heavy (non-hydrogen) atoms. The minimum Gasteiger partial charge on any atom is -0.179 e. The molecule has 0 fully saturated rings. The standard InChI is InChI=1S/C5H10Br2S/c6-4-5(7)2-1-3-8/h5,8H,1-4H2. The van der Waals surface area contributed by atoms with Gasteiger partial charge < -0.3 is 0 Å². The van der Waals surface area contributed by atoms with Crippen molar-refractivity contribution >= 4 is 44.5 Å². The summed E-state index contributed by atoms with van der Waals surface area (Å²) in [6.45, 7) is 0. The molecular weight excluding hydrogens is 252 g/mol. The lowest BCUT2D eigenvalue weighted by molar-refractivity contribution is 0.815. The Balaban J connectivity index is 2.86. The van der Waals surface area contributed by atoms with Crippen LogP contribution >= 0.6 is 44.5 Å². The van der Waals surface area contributed by atoms with Crippen molar-refractivity contribution in [1.29, 1.82) is 0 Å². The third-order valence-electron chi connectivity index (χ3n) is 0.843. The third-order valence-corrected chi connectivity index (χ3v) is 3.59. The van der Waals surface area contributed by atoms with E-state index in [0.29, 0.717) is 4.83 Å². The van der Waals surface area contributed by atoms with Gasteiger partial charge in [0.25, 0.3) is 0 Å². The van der Waals surface area contributed by atoms with Crippen LogP contribution in [-0.2, 0) is 0 Å². The smallest absolute Gasteiger partial charge is 0.0243 e. The highest BCUT2D eigenvalue weighted by Gasteiger charge is 1.98. The Hall–Kier alpha value is 1.31. The molecule has 0 bridgehead atoms. The molecule has 0 rings (SSSR count). The molecule has 0 aliphatic rings. The van der Waals surface area contributed by atoms with Gasteiger partial charge in [-0.25, -0.2) is 0 Å². The van der Waals surface area contributed by atoms with Crippen molar-refractivity contribution in [2.45, 2.75) is 17.7 Å². The molecule has 0 aromatic carbocycles. The molecule has 0 radical (unpaired) electrons. The maximum Gasteiger partial charge on any atom is 0.0243 e. The molecular formula is C5H10Br2S. The minimum absolute atomic E-state index is 0.634. The molecule has 0 nitrogen and oxygen atoms in total. The van der Waals surface area contributed by atoms with E-state index < -0.39 is 0 Å². The van der Waals surface area contributed by atoms with Crippen molar-refractivity contribution in [2.24, 2.45) is 0 Å². The lowest BCUT2D eigenvalue weighted by Crippen LogP contribution is -1.97. The molecule has 0 saturated carbocycles. The zero-order valence-corrected chi connectivity index (χ0v) is 8.68. The van der Waals surface area contributed by atoms with Crippen molar-refractivity contribution in [3.05, 3.63) is 0 Å². The maximum absolute atomic E-state index is 4.10. The van der Waals surface area contributed by atoms with E-state index in [2.05, 4.69) is 44.5 Å². The summed E-state index contributed by atoms with van der Waals surface area (Å²) in [4.78, 5) is 0.634. The number of rotatable bonds is 4. The normalized spacial score (nSPS) is 13.9. The number of hydrogen-bond acceptors (Lipinski definition) is 1. The number of alkyl halides is 2. The Labute approximate surface area is 73.1 Å². The molecule has 50 valence electrons. The van der Waals surface area contributed by atoms with Gasteiger partial charge in [-0.3, -0.25) is 0 Å². The van der Waals surface area contributed by atoms with Crippen LogP contribution in [0.15, 0.2) is 0 Å². The monoisotopic (exact) mass is 260 g/mol. The molecule has 0 aliphatic carbocycles. The Morgan fingerprint density at radius 3 is 2.50 bits per heavy atom. The quantitative estimate of drug-likeness (QED) is 0.584. The lowest BCUT2D eigenvalue weighted by atomic mass is 10.3. The first-order valence-electron chi connectivity index (χ1n) is 2.62. The molecule has 0 N–H and O–H groups in total. The molecule has 0 aromatic rings. The van der Waals surface area contributed by atoms with Crippen LogP contribution in [0.5, 0.6) is 0 Å². The summed E-state index contributed by atoms with van der Waals surface area (Å²) in [5, 5.41) is 1.04. The fourth-order valence-electron chi connectivity index (χ4n) is 0.390. The summed E-state index contributed by atoms with van der Waals surface area (Å²) < 4.78 is 0. The molecule has 0 aromatic heterocycles. The fourth-order valence-corrected chi connectivity index (χ4v) is 1.22. The Morgan fingerprint density at radius 1 is 1.50 bits per heavy atom. The second-order valence-electron chi connectivity index (χ2n) is 1.62. The van der Waals surface area contributed by atoms with Gasteiger partial charge in [-0.15, -0.1) is 0 Å². The second kappa shape index (κ2) is 6.43. The molecule has 0 amide bonds. The summed E-state index contributed by atoms with van der Waals surface area (Å²) in [6, 6.07) is 0. The lowest BCUT2D eigenvalue weighted by Gasteiger charge is -2.01. The van der Waals surface area contributed by atoms with Gasteiger partial charge in [0.1, 0.15) is 0 Å². The first-order valence-corrected chi connectivity index (χ1v) is 5.29. The number of thiol groups is 1. The largest absolute Gasteiger partial charge is 0.179 e. The first-order chi connectivity index (χ1) is 3.81. The van der Waals surface area contributed by atoms with Gasteiger partial charge in [-0.05, 0) is 18.6 Å². The van der Waals surface area contributed by atoms with Gasteiger partial charge in [0.2, 0.25) is 0 Å². The maximum atomic E-state index is 4.10. The number of hydrogen-bond donors (Lipinski definition) is 1. The zero-order valence-electron chi connectivity index (χ0n) is 4.61. The second-order valence-corrected chi connectivity index (χ2v) is 4.01. The van der Waals surface area contributed by atoms with Crippen LogP contribution in [0, 0.1) is 0 Å². The molecule has 1 unspecified atom stereocenters. The van der Waals surface area contributed by atoms with E-state index in [1.165, 1.54) is 12.8 Å². The molecule has 0 saturated heterocycles. The highest BCUT2D eigenvalue weighted by molar-refractivity contribution is 9.12. The van der Waals surface area contributed by atoms with E-state index >= 15 is 0 Å². The molecule has 0 heterocycles. The summed E-state index contributed by atoms with van der Waals surface area (Å²) >= 11 is 11.0. The van der Waals surface area contributed by atoms with Gasteiger partial charge in [0.05, 0.1) is 0 Å². The van der Waals surface area contributed by atoms with Crippen molar-refractivity contribution in [3.63, 3.8) is 0 Å². The van der Waals surface area contributed by atoms with Crippen LogP contribution in [0.2, 0.25) is 0 Å². The third kappa shape index (κ3) is 5.45. The van der Waals surface area contributed by atoms with E-state index in [1.54, 1.807) is 0 Å². The van der Waals surface area contributed by atoms with Crippen molar-refractivity contribution < 1.29 is 0 Å². The Bertz CT molecular complexity index is 49.7. The van der Waals surface area contributed by atoms with Crippen molar-refractivity contribution in [2.75, 3.05) is 11.1 Å². The number of halogens is 2. The first kappa shape index (κ1) is 9.31. The van der Waals surface area contributed by atoms with Crippen LogP contribution in [-0.4, -0.2) is 15.9 Å². The van der Waals surface area contributed by atoms with Gasteiger partial charge in [0, 0.05) is 10.2 Å². The fraction of sp³-hybridized carbons (Fsp3) is 1.00. The van der Waals surface area contributed by atoms with E-state index in [1.807, 2.05) is 0 Å². The van der Waals surface area contributed by atoms with Gasteiger partial charge in [-0.1, -0.05) is 31.9 Å². The zero-order chi connectivity index (χ0) is 6.41. The van der Waals surface area contributed by atoms with Crippen LogP contribution in [0.1, 0.15) is 12.8 Å². The molecule has 0 spiro atoms. The van der Waals surface area contributed by atoms with Crippen LogP contribution in [0.25, 0.3) is 0 Å². The minimum atomic E-state index is 0.634. The Kier molecular flexibility index (Phi) is 7.48. The van der Waals surface area contributed by atoms with Gasteiger partial charge >= 0.3 is 0 Å². The highest BCUT2D eigenvalue weighted by atomic mass is 79.9. The highest BCUT2D eigenvalue weighted by Crippen LogP contribution is 2.10.